The quantitative estimate of drug-likeness (QED) is 0.170. The molecule has 1 unspecified atom stereocenters. The van der Waals surface area contributed by atoms with Crippen LogP contribution in [0.2, 0.25) is 16.6 Å². The minimum absolute atomic E-state index is 0.0294. The topological polar surface area (TPSA) is 44.8 Å². The normalized spacial score (nSPS) is 40.3. The van der Waals surface area contributed by atoms with Crippen LogP contribution in [0.1, 0.15) is 94.4 Å². The van der Waals surface area contributed by atoms with Crippen molar-refractivity contribution in [3.8, 4) is 0 Å². The number of hydrogen-bond donors (Lipinski definition) is 0. The highest BCUT2D eigenvalue weighted by molar-refractivity contribution is 6.77. The summed E-state index contributed by atoms with van der Waals surface area (Å²) >= 11 is 0. The van der Waals surface area contributed by atoms with Crippen LogP contribution in [0.3, 0.4) is 0 Å². The van der Waals surface area contributed by atoms with Gasteiger partial charge < -0.3 is 13.9 Å². The zero-order valence-corrected chi connectivity index (χ0v) is 25.6. The van der Waals surface area contributed by atoms with E-state index in [4.69, 9.17) is 13.9 Å². The predicted octanol–water partition coefficient (Wildman–Crippen LogP) is 7.58. The van der Waals surface area contributed by atoms with Gasteiger partial charge in [0, 0.05) is 30.5 Å². The standard InChI is InChI=1S/C31H54O4Si/c1-10-33-17-18-34-29-25-19-24-11-12-26-23(8)28(35-36(20(2)3,21(4)5)22(6)7)14-15-30(26,9)31(24,29)16-13-27(25)32/h11-12,20-26,28-29H,10,13-19H2,1-9H3/t23-,24+,25-,26-,28-,29?,30-,31+/m0/s1. The summed E-state index contributed by atoms with van der Waals surface area (Å²) in [7, 11) is -1.95. The predicted molar refractivity (Wildman–Crippen MR) is 150 cm³/mol. The number of hydrogen-bond acceptors (Lipinski definition) is 4. The summed E-state index contributed by atoms with van der Waals surface area (Å²) in [5, 5.41) is 0. The molecular formula is C31H54O4Si. The van der Waals surface area contributed by atoms with Crippen LogP contribution < -0.4 is 0 Å². The van der Waals surface area contributed by atoms with Gasteiger partial charge in [0.05, 0.1) is 19.3 Å². The summed E-state index contributed by atoms with van der Waals surface area (Å²) in [6.45, 7) is 23.3. The molecule has 0 aromatic heterocycles. The summed E-state index contributed by atoms with van der Waals surface area (Å²) in [5.41, 5.74) is 2.00. The minimum atomic E-state index is -1.95. The van der Waals surface area contributed by atoms with Crippen LogP contribution in [0.15, 0.2) is 12.2 Å². The Kier molecular flexibility index (Phi) is 8.38. The molecule has 0 N–H and O–H groups in total. The lowest BCUT2D eigenvalue weighted by atomic mass is 9.43. The Bertz CT molecular complexity index is 800. The van der Waals surface area contributed by atoms with Crippen LogP contribution in [-0.4, -0.2) is 46.1 Å². The largest absolute Gasteiger partial charge is 0.413 e. The monoisotopic (exact) mass is 518 g/mol. The fraction of sp³-hybridized carbons (Fsp3) is 0.903. The van der Waals surface area contributed by atoms with E-state index in [1.165, 1.54) is 6.42 Å². The minimum Gasteiger partial charge on any atom is -0.413 e. The zero-order chi connectivity index (χ0) is 26.5. The Hall–Kier alpha value is -0.493. The van der Waals surface area contributed by atoms with Gasteiger partial charge >= 0.3 is 0 Å². The van der Waals surface area contributed by atoms with Crippen LogP contribution in [0.4, 0.5) is 0 Å². The molecule has 3 fully saturated rings. The van der Waals surface area contributed by atoms with Crippen molar-refractivity contribution in [3.63, 3.8) is 0 Å². The Morgan fingerprint density at radius 3 is 2.31 bits per heavy atom. The van der Waals surface area contributed by atoms with E-state index >= 15 is 0 Å². The second-order valence-corrected chi connectivity index (χ2v) is 19.1. The van der Waals surface area contributed by atoms with Gasteiger partial charge in [0.2, 0.25) is 8.32 Å². The second-order valence-electron chi connectivity index (χ2n) is 13.6. The lowest BCUT2D eigenvalue weighted by Gasteiger charge is -2.63. The fourth-order valence-electron chi connectivity index (χ4n) is 9.95. The SMILES string of the molecule is CCOCCOC1[C@H]2C[C@H]3C=C[C@H]4[C@H](C)[C@@H](O[Si](C(C)C)(C(C)C)C(C)C)CC[C@]4(C)[C@@]13CCC2=O. The molecule has 0 amide bonds. The number of ketones is 1. The van der Waals surface area contributed by atoms with E-state index in [1.807, 2.05) is 6.92 Å². The van der Waals surface area contributed by atoms with Gasteiger partial charge in [-0.1, -0.05) is 67.5 Å². The number of ether oxygens (including phenoxy) is 2. The van der Waals surface area contributed by atoms with Crippen LogP contribution >= 0.6 is 0 Å². The molecule has 0 radical (unpaired) electrons. The first kappa shape index (κ1) is 28.5. The van der Waals surface area contributed by atoms with Gasteiger partial charge in [0.25, 0.3) is 0 Å². The molecule has 2 bridgehead atoms. The van der Waals surface area contributed by atoms with Crippen molar-refractivity contribution < 1.29 is 18.7 Å². The molecule has 5 heteroatoms. The van der Waals surface area contributed by atoms with Crippen LogP contribution in [0.5, 0.6) is 0 Å². The molecule has 4 aliphatic carbocycles. The van der Waals surface area contributed by atoms with Crippen LogP contribution in [0, 0.1) is 34.5 Å². The molecular weight excluding hydrogens is 464 g/mol. The Labute approximate surface area is 222 Å². The van der Waals surface area contributed by atoms with Crippen molar-refractivity contribution in [3.05, 3.63) is 12.2 Å². The van der Waals surface area contributed by atoms with E-state index in [0.717, 1.165) is 25.7 Å². The van der Waals surface area contributed by atoms with Crippen molar-refractivity contribution >= 4 is 14.1 Å². The smallest absolute Gasteiger partial charge is 0.200 e. The van der Waals surface area contributed by atoms with E-state index in [1.54, 1.807) is 0 Å². The first-order valence-corrected chi connectivity index (χ1v) is 17.2. The van der Waals surface area contributed by atoms with Gasteiger partial charge in [-0.15, -0.1) is 0 Å². The molecule has 1 spiro atoms. The third-order valence-corrected chi connectivity index (χ3v) is 17.6. The van der Waals surface area contributed by atoms with Crippen molar-refractivity contribution in [2.24, 2.45) is 34.5 Å². The lowest BCUT2D eigenvalue weighted by molar-refractivity contribution is -0.186. The van der Waals surface area contributed by atoms with E-state index in [-0.39, 0.29) is 22.9 Å². The average Bonchev–Trinajstić information content (AvgIpc) is 3.05. The van der Waals surface area contributed by atoms with Crippen molar-refractivity contribution in [2.45, 2.75) is 123 Å². The summed E-state index contributed by atoms with van der Waals surface area (Å²) < 4.78 is 19.7. The summed E-state index contributed by atoms with van der Waals surface area (Å²) in [6, 6.07) is 0. The molecule has 0 saturated heterocycles. The van der Waals surface area contributed by atoms with Gasteiger partial charge in [-0.3, -0.25) is 4.79 Å². The third-order valence-electron chi connectivity index (χ3n) is 11.5. The number of carbonyl (C=O) groups is 1. The van der Waals surface area contributed by atoms with E-state index in [2.05, 4.69) is 67.5 Å². The molecule has 0 aromatic rings. The van der Waals surface area contributed by atoms with Crippen molar-refractivity contribution in [1.29, 1.82) is 0 Å². The van der Waals surface area contributed by atoms with E-state index in [9.17, 15) is 4.79 Å². The molecule has 0 aliphatic heterocycles. The molecule has 4 rings (SSSR count). The molecule has 206 valence electrons. The van der Waals surface area contributed by atoms with Gasteiger partial charge in [0.15, 0.2) is 0 Å². The maximum atomic E-state index is 13.1. The first-order chi connectivity index (χ1) is 17.0. The number of fused-ring (bicyclic) bond motifs is 2. The van der Waals surface area contributed by atoms with Crippen LogP contribution in [-0.2, 0) is 18.7 Å². The maximum Gasteiger partial charge on any atom is 0.200 e. The molecule has 0 heterocycles. The number of rotatable bonds is 10. The summed E-state index contributed by atoms with van der Waals surface area (Å²) in [6.07, 6.45) is 10.4. The maximum absolute atomic E-state index is 13.1. The van der Waals surface area contributed by atoms with Crippen LogP contribution in [0.25, 0.3) is 0 Å². The highest BCUT2D eigenvalue weighted by Gasteiger charge is 2.70. The molecule has 3 saturated carbocycles. The molecule has 0 aromatic carbocycles. The van der Waals surface area contributed by atoms with Gasteiger partial charge in [-0.25, -0.2) is 0 Å². The third kappa shape index (κ3) is 4.14. The molecule has 8 atom stereocenters. The number of carbonyl (C=O) groups excluding carboxylic acids is 1. The second kappa shape index (κ2) is 10.6. The zero-order valence-electron chi connectivity index (χ0n) is 24.6. The lowest BCUT2D eigenvalue weighted by Crippen LogP contribution is -2.62. The Morgan fingerprint density at radius 2 is 1.69 bits per heavy atom. The van der Waals surface area contributed by atoms with E-state index in [0.29, 0.717) is 66.1 Å². The van der Waals surface area contributed by atoms with Gasteiger partial charge in [-0.2, -0.15) is 0 Å². The average molecular weight is 519 g/mol. The van der Waals surface area contributed by atoms with Gasteiger partial charge in [0.1, 0.15) is 5.78 Å². The summed E-state index contributed by atoms with van der Waals surface area (Å²) in [4.78, 5) is 13.1. The van der Waals surface area contributed by atoms with Crippen molar-refractivity contribution in [1.82, 2.24) is 0 Å². The highest BCUT2D eigenvalue weighted by atomic mass is 28.4. The Balaban J connectivity index is 1.64. The summed E-state index contributed by atoms with van der Waals surface area (Å²) in [5.74, 6) is 1.87. The fourth-order valence-corrected chi connectivity index (χ4v) is 15.6. The Morgan fingerprint density at radius 1 is 1.03 bits per heavy atom. The highest BCUT2D eigenvalue weighted by Crippen LogP contribution is 2.71. The molecule has 4 aliphatic rings. The molecule has 4 nitrogen and oxygen atoms in total. The first-order valence-electron chi connectivity index (χ1n) is 15.1. The van der Waals surface area contributed by atoms with Crippen molar-refractivity contribution in [2.75, 3.05) is 19.8 Å². The van der Waals surface area contributed by atoms with Gasteiger partial charge in [-0.05, 0) is 72.4 Å². The number of Topliss-reactive ketones (excluding diaryl/α,β-unsaturated/α-hetero) is 1. The van der Waals surface area contributed by atoms with E-state index < -0.39 is 8.32 Å². The molecule has 36 heavy (non-hydrogen) atoms. The number of allylic oxidation sites excluding steroid dienone is 2.